The van der Waals surface area contributed by atoms with Gasteiger partial charge in [-0.2, -0.15) is 13.2 Å². The number of hydrogen-bond donors (Lipinski definition) is 3. The van der Waals surface area contributed by atoms with Gasteiger partial charge in [0.1, 0.15) is 0 Å². The maximum atomic E-state index is 12.8. The lowest BCUT2D eigenvalue weighted by Crippen LogP contribution is -2.30. The Kier molecular flexibility index (Phi) is 5.98. The minimum atomic E-state index is -4.60. The summed E-state index contributed by atoms with van der Waals surface area (Å²) in [5.74, 6) is 4.53. The number of nitrogen functional groups attached to an aromatic ring is 1. The second kappa shape index (κ2) is 7.28. The van der Waals surface area contributed by atoms with Crippen molar-refractivity contribution in [3.05, 3.63) is 29.3 Å². The molecule has 0 radical (unpaired) electrons. The van der Waals surface area contributed by atoms with Gasteiger partial charge in [-0.1, -0.05) is 6.92 Å². The molecule has 1 atom stereocenters. The molecule has 1 aromatic carbocycles. The molecule has 0 spiro atoms. The number of anilines is 1. The molecule has 0 bridgehead atoms. The number of rotatable bonds is 6. The number of halogens is 3. The van der Waals surface area contributed by atoms with Gasteiger partial charge in [0.2, 0.25) is 0 Å². The van der Waals surface area contributed by atoms with Crippen LogP contribution in [0.1, 0.15) is 22.8 Å². The molecule has 0 aliphatic rings. The summed E-state index contributed by atoms with van der Waals surface area (Å²) < 4.78 is 43.5. The topological polar surface area (TPSA) is 76.4 Å². The van der Waals surface area contributed by atoms with Crippen molar-refractivity contribution in [2.45, 2.75) is 13.1 Å². The maximum Gasteiger partial charge on any atom is 0.418 e. The Morgan fingerprint density at radius 2 is 2.10 bits per heavy atom. The molecule has 0 saturated heterocycles. The van der Waals surface area contributed by atoms with E-state index in [1.807, 2.05) is 12.3 Å². The molecule has 0 fully saturated rings. The number of hydrazine groups is 1. The Bertz CT molecular complexity index is 492. The first kappa shape index (κ1) is 17.3. The van der Waals surface area contributed by atoms with Crippen LogP contribution in [0.25, 0.3) is 0 Å². The SMILES string of the molecule is COCC(C)CNC(=O)c1ccc(NN)c(C(F)(F)F)c1. The van der Waals surface area contributed by atoms with Gasteiger partial charge in [0.25, 0.3) is 5.91 Å². The molecule has 1 rings (SSSR count). The fourth-order valence-electron chi connectivity index (χ4n) is 1.76. The minimum Gasteiger partial charge on any atom is -0.384 e. The van der Waals surface area contributed by atoms with Crippen LogP contribution in [0.5, 0.6) is 0 Å². The summed E-state index contributed by atoms with van der Waals surface area (Å²) in [4.78, 5) is 11.9. The number of benzene rings is 1. The highest BCUT2D eigenvalue weighted by molar-refractivity contribution is 5.95. The van der Waals surface area contributed by atoms with E-state index in [1.165, 1.54) is 13.2 Å². The summed E-state index contributed by atoms with van der Waals surface area (Å²) >= 11 is 0. The van der Waals surface area contributed by atoms with Gasteiger partial charge in [0.15, 0.2) is 0 Å². The van der Waals surface area contributed by atoms with E-state index in [-0.39, 0.29) is 17.2 Å². The monoisotopic (exact) mass is 305 g/mol. The lowest BCUT2D eigenvalue weighted by molar-refractivity contribution is -0.137. The molecular weight excluding hydrogens is 287 g/mol. The number of amides is 1. The summed E-state index contributed by atoms with van der Waals surface area (Å²) in [6.07, 6.45) is -4.60. The predicted molar refractivity (Wildman–Crippen MR) is 72.6 cm³/mol. The van der Waals surface area contributed by atoms with Crippen molar-refractivity contribution in [2.24, 2.45) is 11.8 Å². The molecule has 118 valence electrons. The smallest absolute Gasteiger partial charge is 0.384 e. The van der Waals surface area contributed by atoms with Crippen molar-refractivity contribution in [2.75, 3.05) is 25.7 Å². The molecule has 5 nitrogen and oxygen atoms in total. The second-order valence-electron chi connectivity index (χ2n) is 4.67. The first-order chi connectivity index (χ1) is 9.79. The molecule has 21 heavy (non-hydrogen) atoms. The van der Waals surface area contributed by atoms with Crippen LogP contribution in [0.3, 0.4) is 0 Å². The molecule has 4 N–H and O–H groups in total. The van der Waals surface area contributed by atoms with Gasteiger partial charge in [-0.25, -0.2) is 0 Å². The summed E-state index contributed by atoms with van der Waals surface area (Å²) in [6, 6.07) is 3.17. The van der Waals surface area contributed by atoms with E-state index in [1.54, 1.807) is 0 Å². The third-order valence-corrected chi connectivity index (χ3v) is 2.80. The molecule has 8 heteroatoms. The highest BCUT2D eigenvalue weighted by Gasteiger charge is 2.34. The molecule has 0 heterocycles. The van der Waals surface area contributed by atoms with Crippen LogP contribution in [0.2, 0.25) is 0 Å². The number of ether oxygens (including phenoxy) is 1. The van der Waals surface area contributed by atoms with Crippen LogP contribution in [0.4, 0.5) is 18.9 Å². The van der Waals surface area contributed by atoms with Crippen LogP contribution in [0.15, 0.2) is 18.2 Å². The highest BCUT2D eigenvalue weighted by Crippen LogP contribution is 2.35. The van der Waals surface area contributed by atoms with E-state index in [4.69, 9.17) is 10.6 Å². The number of alkyl halides is 3. The van der Waals surface area contributed by atoms with Crippen molar-refractivity contribution in [1.82, 2.24) is 5.32 Å². The van der Waals surface area contributed by atoms with Crippen molar-refractivity contribution in [3.63, 3.8) is 0 Å². The van der Waals surface area contributed by atoms with E-state index >= 15 is 0 Å². The average molecular weight is 305 g/mol. The summed E-state index contributed by atoms with van der Waals surface area (Å²) in [5, 5.41) is 2.56. The maximum absolute atomic E-state index is 12.8. The summed E-state index contributed by atoms with van der Waals surface area (Å²) in [6.45, 7) is 2.61. The summed E-state index contributed by atoms with van der Waals surface area (Å²) in [7, 11) is 1.53. The largest absolute Gasteiger partial charge is 0.418 e. The van der Waals surface area contributed by atoms with Gasteiger partial charge in [0, 0.05) is 19.2 Å². The molecule has 0 aliphatic heterocycles. The Morgan fingerprint density at radius 3 is 2.62 bits per heavy atom. The molecule has 1 unspecified atom stereocenters. The number of carbonyl (C=O) groups excluding carboxylic acids is 1. The normalized spacial score (nSPS) is 12.9. The van der Waals surface area contributed by atoms with E-state index in [0.717, 1.165) is 12.1 Å². The van der Waals surface area contributed by atoms with E-state index < -0.39 is 17.6 Å². The second-order valence-corrected chi connectivity index (χ2v) is 4.67. The zero-order valence-electron chi connectivity index (χ0n) is 11.8. The van der Waals surface area contributed by atoms with Gasteiger partial charge < -0.3 is 15.5 Å². The van der Waals surface area contributed by atoms with Crippen molar-refractivity contribution in [1.29, 1.82) is 0 Å². The van der Waals surface area contributed by atoms with Gasteiger partial charge in [-0.3, -0.25) is 10.6 Å². The zero-order valence-corrected chi connectivity index (χ0v) is 11.8. The highest BCUT2D eigenvalue weighted by atomic mass is 19.4. The lowest BCUT2D eigenvalue weighted by atomic mass is 10.1. The van der Waals surface area contributed by atoms with Crippen molar-refractivity contribution in [3.8, 4) is 0 Å². The summed E-state index contributed by atoms with van der Waals surface area (Å²) in [5.41, 5.74) is 0.620. The minimum absolute atomic E-state index is 0.0611. The number of methoxy groups -OCH3 is 1. The number of nitrogens with two attached hydrogens (primary N) is 1. The zero-order chi connectivity index (χ0) is 16.0. The molecule has 0 aliphatic carbocycles. The quantitative estimate of drug-likeness (QED) is 0.555. The predicted octanol–water partition coefficient (Wildman–Crippen LogP) is 2.00. The number of hydrogen-bond acceptors (Lipinski definition) is 4. The van der Waals surface area contributed by atoms with Gasteiger partial charge >= 0.3 is 6.18 Å². The Balaban J connectivity index is 2.86. The lowest BCUT2D eigenvalue weighted by Gasteiger charge is -2.15. The van der Waals surface area contributed by atoms with Crippen LogP contribution >= 0.6 is 0 Å². The van der Waals surface area contributed by atoms with Crippen LogP contribution in [0, 0.1) is 5.92 Å². The molecular formula is C13H18F3N3O2. The van der Waals surface area contributed by atoms with Crippen LogP contribution in [-0.2, 0) is 10.9 Å². The van der Waals surface area contributed by atoms with Gasteiger partial charge in [0.05, 0.1) is 17.9 Å². The Hall–Kier alpha value is -1.80. The Morgan fingerprint density at radius 1 is 1.43 bits per heavy atom. The third-order valence-electron chi connectivity index (χ3n) is 2.80. The molecule has 1 amide bonds. The first-order valence-electron chi connectivity index (χ1n) is 6.24. The van der Waals surface area contributed by atoms with Gasteiger partial charge in [-0.05, 0) is 24.1 Å². The third kappa shape index (κ3) is 4.91. The average Bonchev–Trinajstić information content (AvgIpc) is 2.43. The first-order valence-corrected chi connectivity index (χ1v) is 6.24. The van der Waals surface area contributed by atoms with Crippen LogP contribution < -0.4 is 16.6 Å². The fraction of sp³-hybridized carbons (Fsp3) is 0.462. The van der Waals surface area contributed by atoms with Crippen molar-refractivity contribution >= 4 is 11.6 Å². The standard InChI is InChI=1S/C13H18F3N3O2/c1-8(7-21-2)6-18-12(20)9-3-4-11(19-17)10(5-9)13(14,15)16/h3-5,8,19H,6-7,17H2,1-2H3,(H,18,20). The van der Waals surface area contributed by atoms with Crippen LogP contribution in [-0.4, -0.2) is 26.2 Å². The van der Waals surface area contributed by atoms with E-state index in [0.29, 0.717) is 13.2 Å². The van der Waals surface area contributed by atoms with E-state index in [9.17, 15) is 18.0 Å². The van der Waals surface area contributed by atoms with E-state index in [2.05, 4.69) is 5.32 Å². The number of carbonyl (C=O) groups is 1. The van der Waals surface area contributed by atoms with Crippen molar-refractivity contribution < 1.29 is 22.7 Å². The molecule has 1 aromatic rings. The fourth-order valence-corrected chi connectivity index (χ4v) is 1.76. The molecule has 0 aromatic heterocycles. The number of nitrogens with one attached hydrogen (secondary N) is 2. The Labute approximate surface area is 120 Å². The van der Waals surface area contributed by atoms with Gasteiger partial charge in [-0.15, -0.1) is 0 Å². The molecule has 0 saturated carbocycles.